The van der Waals surface area contributed by atoms with E-state index in [-0.39, 0.29) is 5.04 Å². The van der Waals surface area contributed by atoms with E-state index < -0.39 is 13.7 Å². The average molecular weight is 643 g/mol. The summed E-state index contributed by atoms with van der Waals surface area (Å²) in [5.74, 6) is 1.01. The number of nitriles is 1. The predicted octanol–water partition coefficient (Wildman–Crippen LogP) is 6.49. The molecule has 0 fully saturated rings. The molecule has 1 atom stereocenters. The zero-order chi connectivity index (χ0) is 33.7. The van der Waals surface area contributed by atoms with Gasteiger partial charge in [-0.3, -0.25) is 4.68 Å². The van der Waals surface area contributed by atoms with Crippen molar-refractivity contribution in [2.45, 2.75) is 90.9 Å². The summed E-state index contributed by atoms with van der Waals surface area (Å²) in [5.41, 5.74) is 5.28. The number of carbonyl (C=O) groups excluding carboxylic acids is 1. The molecule has 1 N–H and O–H groups in total. The number of carbonyl (C=O) groups is 1. The largest absolute Gasteiger partial charge is 0.416 e. The lowest BCUT2D eigenvalue weighted by Gasteiger charge is -2.39. The van der Waals surface area contributed by atoms with E-state index in [1.165, 1.54) is 7.41 Å². The lowest BCUT2D eigenvalue weighted by Crippen LogP contribution is -2.46. The first-order valence-electron chi connectivity index (χ1n) is 16.1. The summed E-state index contributed by atoms with van der Waals surface area (Å²) >= 11 is 0. The van der Waals surface area contributed by atoms with Crippen LogP contribution in [0.15, 0.2) is 30.6 Å². The SMILES string of the molecule is COCCCn1ncc(Nc2nccc(-c3cc(C#N)c4c(c3)[C@@](C)(CO[Si](C)(C)C(C)(C)C)CN4[B]C=O)n2)c1CCC(C)C. The van der Waals surface area contributed by atoms with E-state index >= 15 is 0 Å². The van der Waals surface area contributed by atoms with Gasteiger partial charge in [0.05, 0.1) is 28.8 Å². The Morgan fingerprint density at radius 3 is 2.70 bits per heavy atom. The van der Waals surface area contributed by atoms with E-state index in [9.17, 15) is 10.1 Å². The Morgan fingerprint density at radius 2 is 2.04 bits per heavy atom. The summed E-state index contributed by atoms with van der Waals surface area (Å²) in [4.78, 5) is 22.9. The lowest BCUT2D eigenvalue weighted by atomic mass is 9.83. The molecule has 1 aliphatic rings. The van der Waals surface area contributed by atoms with Gasteiger partial charge in [0.2, 0.25) is 5.95 Å². The van der Waals surface area contributed by atoms with Gasteiger partial charge in [0.1, 0.15) is 12.3 Å². The summed E-state index contributed by atoms with van der Waals surface area (Å²) < 4.78 is 14.0. The van der Waals surface area contributed by atoms with Gasteiger partial charge in [-0.15, -0.1) is 0 Å². The minimum atomic E-state index is -2.06. The Balaban J connectivity index is 1.70. The first kappa shape index (κ1) is 35.3. The second kappa shape index (κ2) is 14.5. The monoisotopic (exact) mass is 642 g/mol. The summed E-state index contributed by atoms with van der Waals surface area (Å²) in [7, 11) is 1.17. The van der Waals surface area contributed by atoms with Crippen molar-refractivity contribution in [3.63, 3.8) is 0 Å². The first-order chi connectivity index (χ1) is 21.7. The highest BCUT2D eigenvalue weighted by molar-refractivity contribution is 6.74. The highest BCUT2D eigenvalue weighted by Gasteiger charge is 2.44. The van der Waals surface area contributed by atoms with Crippen LogP contribution in [-0.4, -0.2) is 68.5 Å². The van der Waals surface area contributed by atoms with E-state index in [1.54, 1.807) is 13.3 Å². The molecule has 4 rings (SSSR count). The quantitative estimate of drug-likeness (QED) is 0.113. The molecule has 0 bridgehead atoms. The fraction of sp³-hybridized carbons (Fsp3) is 0.559. The van der Waals surface area contributed by atoms with Crippen LogP contribution in [0.3, 0.4) is 0 Å². The van der Waals surface area contributed by atoms with Gasteiger partial charge in [0.15, 0.2) is 8.32 Å². The van der Waals surface area contributed by atoms with E-state index in [0.29, 0.717) is 42.9 Å². The van der Waals surface area contributed by atoms with E-state index in [2.05, 4.69) is 82.2 Å². The third kappa shape index (κ3) is 7.88. The number of nitrogens with one attached hydrogen (secondary N) is 1. The third-order valence-corrected chi connectivity index (χ3v) is 13.8. The van der Waals surface area contributed by atoms with Crippen LogP contribution >= 0.6 is 0 Å². The summed E-state index contributed by atoms with van der Waals surface area (Å²) in [6.45, 7) is 20.2. The summed E-state index contributed by atoms with van der Waals surface area (Å²) in [6.07, 6.45) is 7.14. The molecule has 3 aromatic rings. The maximum atomic E-state index is 11.6. The van der Waals surface area contributed by atoms with Crippen LogP contribution in [0.4, 0.5) is 17.3 Å². The average Bonchev–Trinajstić information content (AvgIpc) is 3.51. The van der Waals surface area contributed by atoms with Crippen molar-refractivity contribution in [3.05, 3.63) is 47.4 Å². The Labute approximate surface area is 276 Å². The van der Waals surface area contributed by atoms with E-state index in [4.69, 9.17) is 14.1 Å². The fourth-order valence-electron chi connectivity index (χ4n) is 5.51. The van der Waals surface area contributed by atoms with Crippen molar-refractivity contribution >= 4 is 39.2 Å². The minimum Gasteiger partial charge on any atom is -0.416 e. The summed E-state index contributed by atoms with van der Waals surface area (Å²) in [6, 6.07) is 8.18. The third-order valence-electron chi connectivity index (χ3n) is 9.31. The van der Waals surface area contributed by atoms with Crippen molar-refractivity contribution in [2.75, 3.05) is 37.0 Å². The summed E-state index contributed by atoms with van der Waals surface area (Å²) in [5, 5.41) is 18.4. The molecule has 1 radical (unpaired) electrons. The van der Waals surface area contributed by atoms with Gasteiger partial charge >= 0.3 is 7.41 Å². The molecular weight excluding hydrogens is 593 g/mol. The number of fused-ring (bicyclic) bond motifs is 1. The Bertz CT molecular complexity index is 1560. The number of methoxy groups -OCH3 is 1. The number of benzene rings is 1. The molecule has 1 aliphatic heterocycles. The number of aromatic nitrogens is 4. The number of ether oxygens (including phenoxy) is 1. The Morgan fingerprint density at radius 1 is 1.28 bits per heavy atom. The lowest BCUT2D eigenvalue weighted by molar-refractivity contribution is 0.188. The van der Waals surface area contributed by atoms with Crippen LogP contribution in [-0.2, 0) is 32.3 Å². The number of hydrogen-bond donors (Lipinski definition) is 1. The highest BCUT2D eigenvalue weighted by Crippen LogP contribution is 2.46. The van der Waals surface area contributed by atoms with Crippen LogP contribution < -0.4 is 10.1 Å². The van der Waals surface area contributed by atoms with Crippen molar-refractivity contribution in [2.24, 2.45) is 5.92 Å². The molecule has 0 spiro atoms. The second-order valence-electron chi connectivity index (χ2n) is 14.5. The fourth-order valence-corrected chi connectivity index (χ4v) is 6.63. The molecule has 245 valence electrons. The molecule has 10 nitrogen and oxygen atoms in total. The van der Waals surface area contributed by atoms with Gasteiger partial charge in [0, 0.05) is 56.3 Å². The maximum Gasteiger partial charge on any atom is 0.329 e. The maximum absolute atomic E-state index is 11.6. The molecule has 46 heavy (non-hydrogen) atoms. The van der Waals surface area contributed by atoms with E-state index in [0.717, 1.165) is 60.2 Å². The molecule has 3 heterocycles. The van der Waals surface area contributed by atoms with Gasteiger partial charge in [-0.25, -0.2) is 9.97 Å². The van der Waals surface area contributed by atoms with Gasteiger partial charge < -0.3 is 24.1 Å². The van der Waals surface area contributed by atoms with Gasteiger partial charge in [-0.05, 0) is 67.1 Å². The van der Waals surface area contributed by atoms with Crippen LogP contribution in [0.25, 0.3) is 11.3 Å². The van der Waals surface area contributed by atoms with Gasteiger partial charge in [-0.2, -0.15) is 10.4 Å². The number of aryl methyl sites for hydroxylation is 1. The highest BCUT2D eigenvalue weighted by atomic mass is 28.4. The van der Waals surface area contributed by atoms with Crippen molar-refractivity contribution < 1.29 is 14.0 Å². The van der Waals surface area contributed by atoms with Crippen LogP contribution in [0.5, 0.6) is 0 Å². The van der Waals surface area contributed by atoms with E-state index in [1.807, 2.05) is 27.8 Å². The van der Waals surface area contributed by atoms with Crippen LogP contribution in [0, 0.1) is 17.2 Å². The first-order valence-corrected chi connectivity index (χ1v) is 19.1. The standard InChI is InChI=1S/C34H49BN7O3Si/c1-24(2)11-12-30-29(20-38-42(30)15-10-16-44-7)40-32-37-14-13-28(39-32)25-17-26(19-36)31-27(18-25)34(6,21-41(31)35-23-43)22-45-46(8,9)33(3,4)5/h13-14,17-18,20,23-24H,10-12,15-16,21-22H2,1-9H3,(H,37,39,40)/t34-/m1/s1. The normalized spacial score (nSPS) is 16.4. The molecule has 0 unspecified atom stereocenters. The molecule has 0 saturated carbocycles. The molecule has 2 aromatic heterocycles. The minimum absolute atomic E-state index is 0.0541. The Kier molecular flexibility index (Phi) is 11.1. The zero-order valence-corrected chi connectivity index (χ0v) is 30.0. The van der Waals surface area contributed by atoms with Crippen molar-refractivity contribution in [1.29, 1.82) is 5.26 Å². The molecule has 0 amide bonds. The Hall–Kier alpha value is -3.53. The van der Waals surface area contributed by atoms with Crippen molar-refractivity contribution in [3.8, 4) is 17.3 Å². The number of anilines is 3. The molecule has 0 aliphatic carbocycles. The van der Waals surface area contributed by atoms with Crippen LogP contribution in [0.1, 0.15) is 71.2 Å². The number of nitrogens with zero attached hydrogens (tertiary/aromatic N) is 6. The smallest absolute Gasteiger partial charge is 0.329 e. The second-order valence-corrected chi connectivity index (χ2v) is 19.3. The van der Waals surface area contributed by atoms with Gasteiger partial charge in [-0.1, -0.05) is 41.5 Å². The number of hydrogen-bond acceptors (Lipinski definition) is 9. The molecule has 0 saturated heterocycles. The van der Waals surface area contributed by atoms with Crippen molar-refractivity contribution in [1.82, 2.24) is 19.7 Å². The number of rotatable bonds is 15. The molecular formula is C34H49BN7O3Si. The topological polar surface area (TPSA) is 118 Å². The van der Waals surface area contributed by atoms with Crippen LogP contribution in [0.2, 0.25) is 18.1 Å². The zero-order valence-electron chi connectivity index (χ0n) is 29.0. The molecule has 1 aromatic carbocycles. The predicted molar refractivity (Wildman–Crippen MR) is 188 cm³/mol. The van der Waals surface area contributed by atoms with Gasteiger partial charge in [0.25, 0.3) is 0 Å². The molecule has 12 heteroatoms.